The maximum Gasteiger partial charge on any atom is 0.249 e. The Kier molecular flexibility index (Phi) is 5.43. The van der Waals surface area contributed by atoms with Gasteiger partial charge >= 0.3 is 0 Å². The Labute approximate surface area is 131 Å². The van der Waals surface area contributed by atoms with Crippen molar-refractivity contribution >= 4 is 5.91 Å². The van der Waals surface area contributed by atoms with Gasteiger partial charge < -0.3 is 14.8 Å². The van der Waals surface area contributed by atoms with E-state index >= 15 is 0 Å². The molecule has 2 saturated heterocycles. The van der Waals surface area contributed by atoms with Gasteiger partial charge in [-0.2, -0.15) is 0 Å². The number of amides is 1. The minimum atomic E-state index is -0.258. The van der Waals surface area contributed by atoms with Crippen molar-refractivity contribution < 1.29 is 14.3 Å². The highest BCUT2D eigenvalue weighted by molar-refractivity contribution is 5.80. The van der Waals surface area contributed by atoms with E-state index in [0.29, 0.717) is 13.2 Å². The summed E-state index contributed by atoms with van der Waals surface area (Å²) in [6.07, 6.45) is 1.55. The van der Waals surface area contributed by atoms with Gasteiger partial charge in [-0.15, -0.1) is 0 Å². The van der Waals surface area contributed by atoms with Gasteiger partial charge in [-0.3, -0.25) is 9.69 Å². The average Bonchev–Trinajstić information content (AvgIpc) is 3.09. The summed E-state index contributed by atoms with van der Waals surface area (Å²) in [5.41, 5.74) is 2.46. The molecule has 2 fully saturated rings. The predicted molar refractivity (Wildman–Crippen MR) is 83.4 cm³/mol. The summed E-state index contributed by atoms with van der Waals surface area (Å²) in [5, 5.41) is 3.01. The Bertz CT molecular complexity index is 494. The number of carbonyl (C=O) groups excluding carboxylic acids is 1. The van der Waals surface area contributed by atoms with Gasteiger partial charge in [0.05, 0.1) is 13.2 Å². The van der Waals surface area contributed by atoms with Gasteiger partial charge in [0, 0.05) is 32.8 Å². The van der Waals surface area contributed by atoms with Crippen molar-refractivity contribution in [3.8, 4) is 0 Å². The molecule has 1 aromatic carbocycles. The van der Waals surface area contributed by atoms with Crippen molar-refractivity contribution in [3.05, 3.63) is 35.4 Å². The van der Waals surface area contributed by atoms with Crippen LogP contribution in [0.1, 0.15) is 24.0 Å². The normalized spacial score (nSPS) is 22.6. The molecule has 2 aliphatic rings. The number of nitrogens with one attached hydrogen (secondary N) is 1. The van der Waals surface area contributed by atoms with Crippen molar-refractivity contribution in [2.24, 2.45) is 0 Å². The monoisotopic (exact) mass is 304 g/mol. The van der Waals surface area contributed by atoms with E-state index in [1.54, 1.807) is 0 Å². The minimum absolute atomic E-state index is 0.0127. The van der Waals surface area contributed by atoms with Gasteiger partial charge in [-0.1, -0.05) is 24.3 Å². The van der Waals surface area contributed by atoms with Crippen LogP contribution >= 0.6 is 0 Å². The van der Waals surface area contributed by atoms with Crippen LogP contribution < -0.4 is 5.32 Å². The number of hydrogen-bond donors (Lipinski definition) is 1. The second kappa shape index (κ2) is 7.72. The van der Waals surface area contributed by atoms with E-state index in [9.17, 15) is 4.79 Å². The second-order valence-corrected chi connectivity index (χ2v) is 5.88. The molecule has 1 N–H and O–H groups in total. The van der Waals surface area contributed by atoms with Crippen molar-refractivity contribution in [3.63, 3.8) is 0 Å². The van der Waals surface area contributed by atoms with E-state index < -0.39 is 0 Å². The summed E-state index contributed by atoms with van der Waals surface area (Å²) in [7, 11) is 0. The number of benzene rings is 1. The highest BCUT2D eigenvalue weighted by Gasteiger charge is 2.23. The quantitative estimate of drug-likeness (QED) is 0.891. The van der Waals surface area contributed by atoms with Crippen molar-refractivity contribution in [2.75, 3.05) is 32.9 Å². The van der Waals surface area contributed by atoms with Crippen LogP contribution in [0.3, 0.4) is 0 Å². The molecule has 0 saturated carbocycles. The Hall–Kier alpha value is -1.43. The van der Waals surface area contributed by atoms with Gasteiger partial charge in [0.15, 0.2) is 0 Å². The highest BCUT2D eigenvalue weighted by Crippen LogP contribution is 2.15. The summed E-state index contributed by atoms with van der Waals surface area (Å²) >= 11 is 0. The van der Waals surface area contributed by atoms with Crippen LogP contribution in [0.15, 0.2) is 24.3 Å². The molecule has 0 spiro atoms. The number of rotatable bonds is 5. The number of hydrogen-bond acceptors (Lipinski definition) is 4. The number of morpholine rings is 1. The molecule has 5 heteroatoms. The Morgan fingerprint density at radius 1 is 1.18 bits per heavy atom. The van der Waals surface area contributed by atoms with Gasteiger partial charge in [-0.25, -0.2) is 0 Å². The zero-order valence-corrected chi connectivity index (χ0v) is 12.9. The fourth-order valence-electron chi connectivity index (χ4n) is 2.96. The maximum absolute atomic E-state index is 12.1. The van der Waals surface area contributed by atoms with Crippen molar-refractivity contribution in [1.29, 1.82) is 0 Å². The first-order valence-electron chi connectivity index (χ1n) is 8.09. The largest absolute Gasteiger partial charge is 0.379 e. The second-order valence-electron chi connectivity index (χ2n) is 5.88. The zero-order chi connectivity index (χ0) is 15.2. The Morgan fingerprint density at radius 3 is 2.68 bits per heavy atom. The lowest BCUT2D eigenvalue weighted by Crippen LogP contribution is -2.36. The van der Waals surface area contributed by atoms with Crippen LogP contribution in [-0.2, 0) is 27.4 Å². The molecule has 0 aromatic heterocycles. The summed E-state index contributed by atoms with van der Waals surface area (Å²) in [6, 6.07) is 8.31. The summed E-state index contributed by atoms with van der Waals surface area (Å²) in [5.74, 6) is 0.0127. The maximum atomic E-state index is 12.1. The van der Waals surface area contributed by atoms with Crippen molar-refractivity contribution in [2.45, 2.75) is 32.0 Å². The van der Waals surface area contributed by atoms with Gasteiger partial charge in [0.1, 0.15) is 6.10 Å². The van der Waals surface area contributed by atoms with Crippen LogP contribution in [0.4, 0.5) is 0 Å². The Balaban J connectivity index is 1.57. The fraction of sp³-hybridized carbons (Fsp3) is 0.588. The molecule has 0 unspecified atom stereocenters. The average molecular weight is 304 g/mol. The third-order valence-corrected chi connectivity index (χ3v) is 4.29. The molecular formula is C17H24N2O3. The minimum Gasteiger partial charge on any atom is -0.379 e. The Morgan fingerprint density at radius 2 is 1.95 bits per heavy atom. The van der Waals surface area contributed by atoms with Crippen LogP contribution in [-0.4, -0.2) is 49.8 Å². The lowest BCUT2D eigenvalue weighted by molar-refractivity contribution is -0.130. The predicted octanol–water partition coefficient (Wildman–Crippen LogP) is 1.31. The van der Waals surface area contributed by atoms with E-state index in [1.807, 2.05) is 6.07 Å². The van der Waals surface area contributed by atoms with Crippen LogP contribution in [0.2, 0.25) is 0 Å². The summed E-state index contributed by atoms with van der Waals surface area (Å²) < 4.78 is 10.8. The molecule has 120 valence electrons. The molecule has 0 aliphatic carbocycles. The first kappa shape index (κ1) is 15.5. The first-order valence-corrected chi connectivity index (χ1v) is 8.09. The SMILES string of the molecule is O=C(NCc1ccccc1CN1CCOCC1)[C@H]1CCCO1. The van der Waals surface area contributed by atoms with Crippen molar-refractivity contribution in [1.82, 2.24) is 10.2 Å². The zero-order valence-electron chi connectivity index (χ0n) is 12.9. The smallest absolute Gasteiger partial charge is 0.249 e. The lowest BCUT2D eigenvalue weighted by Gasteiger charge is -2.27. The van der Waals surface area contributed by atoms with E-state index in [4.69, 9.17) is 9.47 Å². The summed E-state index contributed by atoms with van der Waals surface area (Å²) in [4.78, 5) is 14.4. The van der Waals surface area contributed by atoms with Crippen LogP contribution in [0, 0.1) is 0 Å². The van der Waals surface area contributed by atoms with E-state index in [1.165, 1.54) is 11.1 Å². The molecule has 3 rings (SSSR count). The number of nitrogens with zero attached hydrogens (tertiary/aromatic N) is 1. The fourth-order valence-corrected chi connectivity index (χ4v) is 2.96. The lowest BCUT2D eigenvalue weighted by atomic mass is 10.1. The van der Waals surface area contributed by atoms with Crippen LogP contribution in [0.5, 0.6) is 0 Å². The molecule has 0 bridgehead atoms. The van der Waals surface area contributed by atoms with Gasteiger partial charge in [-0.05, 0) is 24.0 Å². The van der Waals surface area contributed by atoms with E-state index in [-0.39, 0.29) is 12.0 Å². The van der Waals surface area contributed by atoms with E-state index in [2.05, 4.69) is 28.4 Å². The molecule has 1 amide bonds. The molecule has 2 aliphatic heterocycles. The number of carbonyl (C=O) groups is 1. The van der Waals surface area contributed by atoms with Crippen LogP contribution in [0.25, 0.3) is 0 Å². The first-order chi connectivity index (χ1) is 10.8. The number of ether oxygens (including phenoxy) is 2. The third-order valence-electron chi connectivity index (χ3n) is 4.29. The molecule has 2 heterocycles. The molecule has 0 radical (unpaired) electrons. The molecule has 1 atom stereocenters. The summed E-state index contributed by atoms with van der Waals surface area (Å²) in [6.45, 7) is 5.73. The standard InChI is InChI=1S/C17H24N2O3/c20-17(16-6-3-9-22-16)18-12-14-4-1-2-5-15(14)13-19-7-10-21-11-8-19/h1-2,4-5,16H,3,6-13H2,(H,18,20)/t16-/m1/s1. The highest BCUT2D eigenvalue weighted by atomic mass is 16.5. The third kappa shape index (κ3) is 4.06. The molecule has 22 heavy (non-hydrogen) atoms. The van der Waals surface area contributed by atoms with Gasteiger partial charge in [0.25, 0.3) is 0 Å². The molecular weight excluding hydrogens is 280 g/mol. The topological polar surface area (TPSA) is 50.8 Å². The molecule has 5 nitrogen and oxygen atoms in total. The van der Waals surface area contributed by atoms with Gasteiger partial charge in [0.2, 0.25) is 5.91 Å². The molecule has 1 aromatic rings. The van der Waals surface area contributed by atoms with E-state index in [0.717, 1.165) is 45.7 Å².